The van der Waals surface area contributed by atoms with Crippen LogP contribution in [0.4, 0.5) is 0 Å². The van der Waals surface area contributed by atoms with Crippen molar-refractivity contribution < 1.29 is 4.42 Å². The maximum absolute atomic E-state index is 6.22. The zero-order valence-electron chi connectivity index (χ0n) is 17.6. The molecular weight excluding hydrogens is 408 g/mol. The summed E-state index contributed by atoms with van der Waals surface area (Å²) in [6.45, 7) is 0. The van der Waals surface area contributed by atoms with Crippen LogP contribution in [0.5, 0.6) is 0 Å². The van der Waals surface area contributed by atoms with Gasteiger partial charge in [-0.3, -0.25) is 0 Å². The average Bonchev–Trinajstić information content (AvgIpc) is 3.35. The van der Waals surface area contributed by atoms with E-state index < -0.39 is 0 Å². The Labute approximate surface area is 190 Å². The van der Waals surface area contributed by atoms with E-state index in [0.29, 0.717) is 28.9 Å². The summed E-state index contributed by atoms with van der Waals surface area (Å²) in [4.78, 5) is 19.1. The average molecular weight is 426 g/mol. The van der Waals surface area contributed by atoms with Crippen molar-refractivity contribution in [1.29, 1.82) is 0 Å². The molecule has 0 N–H and O–H groups in total. The van der Waals surface area contributed by atoms with Crippen molar-refractivity contribution in [2.75, 3.05) is 0 Å². The number of hydrogen-bond donors (Lipinski definition) is 0. The van der Waals surface area contributed by atoms with E-state index >= 15 is 0 Å². The monoisotopic (exact) mass is 426 g/mol. The van der Waals surface area contributed by atoms with Crippen LogP contribution in [0, 0.1) is 0 Å². The maximum Gasteiger partial charge on any atom is 0.227 e. The van der Waals surface area contributed by atoms with Crippen LogP contribution in [-0.2, 0) is 0 Å². The molecule has 0 amide bonds. The first-order chi connectivity index (χ1) is 16.3. The number of para-hydroxylation sites is 1. The van der Waals surface area contributed by atoms with Gasteiger partial charge in [0.2, 0.25) is 5.89 Å². The van der Waals surface area contributed by atoms with Crippen molar-refractivity contribution in [2.24, 2.45) is 0 Å². The van der Waals surface area contributed by atoms with Gasteiger partial charge < -0.3 is 4.42 Å². The highest BCUT2D eigenvalue weighted by Crippen LogP contribution is 2.32. The largest absolute Gasteiger partial charge is 0.435 e. The number of hydrogen-bond acceptors (Lipinski definition) is 5. The van der Waals surface area contributed by atoms with E-state index in [1.54, 1.807) is 0 Å². The van der Waals surface area contributed by atoms with Gasteiger partial charge in [0.15, 0.2) is 23.1 Å². The van der Waals surface area contributed by atoms with E-state index in [-0.39, 0.29) is 0 Å². The number of oxazole rings is 1. The van der Waals surface area contributed by atoms with E-state index in [1.165, 1.54) is 0 Å². The quantitative estimate of drug-likeness (QED) is 0.314. The molecule has 0 saturated heterocycles. The van der Waals surface area contributed by atoms with E-state index in [1.807, 2.05) is 109 Å². The summed E-state index contributed by atoms with van der Waals surface area (Å²) < 4.78 is 6.22. The third-order valence-electron chi connectivity index (χ3n) is 5.38. The Kier molecular flexibility index (Phi) is 4.70. The number of rotatable bonds is 4. The van der Waals surface area contributed by atoms with E-state index in [9.17, 15) is 0 Å². The summed E-state index contributed by atoms with van der Waals surface area (Å²) in [5.74, 6) is 2.33. The fourth-order valence-electron chi connectivity index (χ4n) is 3.76. The zero-order valence-corrected chi connectivity index (χ0v) is 17.6. The van der Waals surface area contributed by atoms with Gasteiger partial charge in [0.05, 0.1) is 5.56 Å². The van der Waals surface area contributed by atoms with Gasteiger partial charge in [-0.15, -0.1) is 0 Å². The predicted molar refractivity (Wildman–Crippen MR) is 129 cm³/mol. The van der Waals surface area contributed by atoms with Gasteiger partial charge in [0, 0.05) is 16.7 Å². The molecule has 33 heavy (non-hydrogen) atoms. The number of nitrogens with zero attached hydrogens (tertiary/aromatic N) is 4. The minimum atomic E-state index is 0.545. The van der Waals surface area contributed by atoms with Crippen LogP contribution in [0.15, 0.2) is 114 Å². The number of fused-ring (bicyclic) bond motifs is 1. The van der Waals surface area contributed by atoms with Crippen molar-refractivity contribution >= 4 is 11.1 Å². The molecule has 2 heterocycles. The lowest BCUT2D eigenvalue weighted by Gasteiger charge is -2.08. The molecule has 0 fully saturated rings. The Bertz CT molecular complexity index is 1490. The first kappa shape index (κ1) is 19.1. The normalized spacial score (nSPS) is 11.0. The summed E-state index contributed by atoms with van der Waals surface area (Å²) in [5, 5.41) is 0. The van der Waals surface area contributed by atoms with E-state index in [0.717, 1.165) is 27.8 Å². The van der Waals surface area contributed by atoms with Gasteiger partial charge in [0.25, 0.3) is 0 Å². The Morgan fingerprint density at radius 3 is 1.52 bits per heavy atom. The second-order valence-electron chi connectivity index (χ2n) is 7.58. The summed E-state index contributed by atoms with van der Waals surface area (Å²) in [7, 11) is 0. The number of benzene rings is 4. The molecule has 0 radical (unpaired) electrons. The van der Waals surface area contributed by atoms with E-state index in [2.05, 4.69) is 0 Å². The third kappa shape index (κ3) is 3.66. The van der Waals surface area contributed by atoms with Crippen LogP contribution in [0.2, 0.25) is 0 Å². The number of aromatic nitrogens is 4. The minimum absolute atomic E-state index is 0.545. The topological polar surface area (TPSA) is 64.7 Å². The van der Waals surface area contributed by atoms with Crippen molar-refractivity contribution in [1.82, 2.24) is 19.9 Å². The lowest BCUT2D eigenvalue weighted by Crippen LogP contribution is -2.00. The second kappa shape index (κ2) is 8.13. The highest BCUT2D eigenvalue weighted by molar-refractivity contribution is 5.90. The first-order valence-corrected chi connectivity index (χ1v) is 10.7. The molecule has 0 aliphatic carbocycles. The molecule has 0 bridgehead atoms. The molecular formula is C28H18N4O. The van der Waals surface area contributed by atoms with Gasteiger partial charge in [0.1, 0.15) is 5.52 Å². The summed E-state index contributed by atoms with van der Waals surface area (Å²) >= 11 is 0. The molecule has 5 heteroatoms. The summed E-state index contributed by atoms with van der Waals surface area (Å²) in [5.41, 5.74) is 4.96. The molecule has 156 valence electrons. The van der Waals surface area contributed by atoms with Crippen LogP contribution in [0.25, 0.3) is 56.7 Å². The molecule has 4 aromatic carbocycles. The molecule has 6 aromatic rings. The third-order valence-corrected chi connectivity index (χ3v) is 5.38. The Balaban J connectivity index is 1.56. The van der Waals surface area contributed by atoms with E-state index in [4.69, 9.17) is 24.4 Å². The fourth-order valence-corrected chi connectivity index (χ4v) is 3.76. The first-order valence-electron chi connectivity index (χ1n) is 10.7. The van der Waals surface area contributed by atoms with Gasteiger partial charge in [-0.1, -0.05) is 84.9 Å². The predicted octanol–water partition coefficient (Wildman–Crippen LogP) is 6.68. The lowest BCUT2D eigenvalue weighted by atomic mass is 10.1. The Morgan fingerprint density at radius 2 is 0.939 bits per heavy atom. The Morgan fingerprint density at radius 1 is 0.424 bits per heavy atom. The van der Waals surface area contributed by atoms with Gasteiger partial charge in [-0.05, 0) is 24.3 Å². The maximum atomic E-state index is 6.22. The van der Waals surface area contributed by atoms with Crippen LogP contribution >= 0.6 is 0 Å². The lowest BCUT2D eigenvalue weighted by molar-refractivity contribution is 0.620. The van der Waals surface area contributed by atoms with Crippen LogP contribution < -0.4 is 0 Å². The van der Waals surface area contributed by atoms with Crippen molar-refractivity contribution in [2.45, 2.75) is 0 Å². The molecule has 0 aliphatic rings. The van der Waals surface area contributed by atoms with Crippen molar-refractivity contribution in [3.8, 4) is 45.6 Å². The second-order valence-corrected chi connectivity index (χ2v) is 7.58. The minimum Gasteiger partial charge on any atom is -0.435 e. The SMILES string of the molecule is c1ccc(-c2nc(-c3ccccc3)nc(-c3cccc4nc(-c5ccccc5)oc34)n2)cc1. The molecule has 0 aliphatic heterocycles. The van der Waals surface area contributed by atoms with Gasteiger partial charge in [-0.25, -0.2) is 19.9 Å². The van der Waals surface area contributed by atoms with Gasteiger partial charge in [-0.2, -0.15) is 0 Å². The molecule has 0 unspecified atom stereocenters. The molecule has 0 atom stereocenters. The molecule has 2 aromatic heterocycles. The molecule has 0 saturated carbocycles. The van der Waals surface area contributed by atoms with Crippen LogP contribution in [0.1, 0.15) is 0 Å². The molecule has 6 rings (SSSR count). The summed E-state index contributed by atoms with van der Waals surface area (Å²) in [6.07, 6.45) is 0. The highest BCUT2D eigenvalue weighted by Gasteiger charge is 2.17. The standard InChI is InChI=1S/C28H18N4O/c1-4-11-19(12-5-1)25-30-26(20-13-6-2-7-14-20)32-27(31-25)22-17-10-18-23-24(22)33-28(29-23)21-15-8-3-9-16-21/h1-18H. The molecule has 5 nitrogen and oxygen atoms in total. The highest BCUT2D eigenvalue weighted by atomic mass is 16.3. The summed E-state index contributed by atoms with van der Waals surface area (Å²) in [6, 6.07) is 35.6. The van der Waals surface area contributed by atoms with Crippen LogP contribution in [0.3, 0.4) is 0 Å². The smallest absolute Gasteiger partial charge is 0.227 e. The van der Waals surface area contributed by atoms with Crippen molar-refractivity contribution in [3.63, 3.8) is 0 Å². The zero-order chi connectivity index (χ0) is 22.0. The van der Waals surface area contributed by atoms with Crippen molar-refractivity contribution in [3.05, 3.63) is 109 Å². The van der Waals surface area contributed by atoms with Gasteiger partial charge >= 0.3 is 0 Å². The molecule has 0 spiro atoms. The van der Waals surface area contributed by atoms with Crippen LogP contribution in [-0.4, -0.2) is 19.9 Å². The Hall–Kier alpha value is -4.64. The fraction of sp³-hybridized carbons (Fsp3) is 0.